The van der Waals surface area contributed by atoms with Gasteiger partial charge in [-0.2, -0.15) is 0 Å². The van der Waals surface area contributed by atoms with Gasteiger partial charge in [-0.15, -0.1) is 0 Å². The molecule has 150 valence electrons. The third-order valence-electron chi connectivity index (χ3n) is 5.45. The number of benzene rings is 2. The molecule has 0 aliphatic heterocycles. The minimum atomic E-state index is -1.50. The van der Waals surface area contributed by atoms with E-state index in [1.54, 1.807) is 18.5 Å². The van der Waals surface area contributed by atoms with Gasteiger partial charge in [0.15, 0.2) is 6.29 Å². The van der Waals surface area contributed by atoms with E-state index < -0.39 is 6.29 Å². The minimum absolute atomic E-state index is 0.403. The van der Waals surface area contributed by atoms with E-state index in [9.17, 15) is 10.2 Å². The highest BCUT2D eigenvalue weighted by molar-refractivity contribution is 7.99. The van der Waals surface area contributed by atoms with E-state index in [2.05, 4.69) is 59.7 Å². The summed E-state index contributed by atoms with van der Waals surface area (Å²) in [6.45, 7) is 2.88. The fraction of sp³-hybridized carbons (Fsp3) is 0.292. The van der Waals surface area contributed by atoms with Crippen molar-refractivity contribution in [3.05, 3.63) is 83.2 Å². The van der Waals surface area contributed by atoms with Gasteiger partial charge in [0.2, 0.25) is 0 Å². The number of aliphatic hydroxyl groups is 2. The lowest BCUT2D eigenvalue weighted by atomic mass is 9.83. The molecule has 29 heavy (non-hydrogen) atoms. The number of hydrogen-bond acceptors (Lipinski definition) is 5. The zero-order chi connectivity index (χ0) is 20.2. The molecule has 0 radical (unpaired) electrons. The van der Waals surface area contributed by atoms with E-state index in [1.807, 2.05) is 11.8 Å². The Morgan fingerprint density at radius 2 is 2.00 bits per heavy atom. The minimum Gasteiger partial charge on any atom is -0.383 e. The zero-order valence-corrected chi connectivity index (χ0v) is 17.3. The number of aliphatic hydroxyl groups excluding tert-OH is 1. The van der Waals surface area contributed by atoms with Gasteiger partial charge in [0.25, 0.3) is 0 Å². The number of aryl methyl sites for hydroxylation is 2. The second-order valence-corrected chi connectivity index (χ2v) is 8.73. The molecule has 1 aromatic heterocycles. The Labute approximate surface area is 176 Å². The summed E-state index contributed by atoms with van der Waals surface area (Å²) in [6.07, 6.45) is 5.13. The third kappa shape index (κ3) is 4.81. The molecule has 0 saturated carbocycles. The highest BCUT2D eigenvalue weighted by Crippen LogP contribution is 2.36. The first kappa shape index (κ1) is 20.0. The molecule has 0 bridgehead atoms. The maximum Gasteiger partial charge on any atom is 0.180 e. The quantitative estimate of drug-likeness (QED) is 0.500. The number of aromatic nitrogens is 1. The Morgan fingerprint density at radius 3 is 2.83 bits per heavy atom. The van der Waals surface area contributed by atoms with Gasteiger partial charge in [0, 0.05) is 34.0 Å². The van der Waals surface area contributed by atoms with E-state index in [0.717, 1.165) is 19.4 Å². The number of fused-ring (bicyclic) bond motifs is 1. The van der Waals surface area contributed by atoms with Crippen LogP contribution in [-0.4, -0.2) is 21.7 Å². The second-order valence-electron chi connectivity index (χ2n) is 7.59. The average molecular weight is 407 g/mol. The van der Waals surface area contributed by atoms with Crippen LogP contribution in [0.4, 0.5) is 5.69 Å². The Kier molecular flexibility index (Phi) is 6.19. The lowest BCUT2D eigenvalue weighted by molar-refractivity contribution is -0.0419. The molecule has 0 unspecified atom stereocenters. The van der Waals surface area contributed by atoms with Gasteiger partial charge < -0.3 is 15.5 Å². The van der Waals surface area contributed by atoms with Crippen molar-refractivity contribution in [2.24, 2.45) is 0 Å². The summed E-state index contributed by atoms with van der Waals surface area (Å²) < 4.78 is 0. The normalized spacial score (nSPS) is 15.9. The molecular weight excluding hydrogens is 380 g/mol. The van der Waals surface area contributed by atoms with Crippen molar-refractivity contribution in [1.82, 2.24) is 4.98 Å². The summed E-state index contributed by atoms with van der Waals surface area (Å²) in [7, 11) is 0. The average Bonchev–Trinajstić information content (AvgIpc) is 2.72. The van der Waals surface area contributed by atoms with Crippen LogP contribution in [0.15, 0.2) is 70.7 Å². The molecule has 3 aromatic rings. The van der Waals surface area contributed by atoms with E-state index >= 15 is 0 Å². The van der Waals surface area contributed by atoms with Crippen LogP contribution in [-0.2, 0) is 6.42 Å². The number of anilines is 1. The molecule has 4 nitrogen and oxygen atoms in total. The molecule has 0 saturated heterocycles. The maximum atomic E-state index is 9.55. The van der Waals surface area contributed by atoms with Crippen molar-refractivity contribution >= 4 is 17.4 Å². The zero-order valence-electron chi connectivity index (χ0n) is 16.5. The summed E-state index contributed by atoms with van der Waals surface area (Å²) in [4.78, 5) is 6.65. The van der Waals surface area contributed by atoms with E-state index in [-0.39, 0.29) is 0 Å². The molecule has 2 aromatic carbocycles. The van der Waals surface area contributed by atoms with Gasteiger partial charge in [0.05, 0.1) is 11.9 Å². The van der Waals surface area contributed by atoms with Gasteiger partial charge >= 0.3 is 0 Å². The molecule has 0 fully saturated rings. The van der Waals surface area contributed by atoms with Crippen LogP contribution in [0, 0.1) is 6.92 Å². The second kappa shape index (κ2) is 8.99. The molecule has 0 spiro atoms. The molecule has 1 aliphatic rings. The largest absolute Gasteiger partial charge is 0.383 e. The predicted octanol–water partition coefficient (Wildman–Crippen LogP) is 5.06. The Bertz CT molecular complexity index is 990. The highest BCUT2D eigenvalue weighted by Gasteiger charge is 2.21. The van der Waals surface area contributed by atoms with Crippen molar-refractivity contribution in [2.45, 2.75) is 48.2 Å². The first-order valence-corrected chi connectivity index (χ1v) is 10.8. The number of rotatable bonds is 6. The monoisotopic (exact) mass is 406 g/mol. The van der Waals surface area contributed by atoms with Crippen LogP contribution < -0.4 is 5.32 Å². The number of nitrogens with zero attached hydrogens (tertiary/aromatic N) is 1. The Balaban J connectivity index is 1.49. The summed E-state index contributed by atoms with van der Waals surface area (Å²) in [5.41, 5.74) is 5.24. The molecule has 1 atom stereocenters. The van der Waals surface area contributed by atoms with E-state index in [0.29, 0.717) is 17.2 Å². The summed E-state index contributed by atoms with van der Waals surface area (Å²) in [6, 6.07) is 17.1. The van der Waals surface area contributed by atoms with Gasteiger partial charge in [0.1, 0.15) is 0 Å². The lowest BCUT2D eigenvalue weighted by Crippen LogP contribution is -2.19. The smallest absolute Gasteiger partial charge is 0.180 e. The van der Waals surface area contributed by atoms with Gasteiger partial charge in [-0.05, 0) is 67.6 Å². The number of nitrogens with one attached hydrogen (secondary N) is 1. The van der Waals surface area contributed by atoms with Crippen molar-refractivity contribution in [3.8, 4) is 0 Å². The van der Waals surface area contributed by atoms with Crippen LogP contribution in [0.25, 0.3) is 0 Å². The summed E-state index contributed by atoms with van der Waals surface area (Å²) in [5.74, 6) is 0.403. The van der Waals surface area contributed by atoms with E-state index in [1.165, 1.54) is 32.9 Å². The van der Waals surface area contributed by atoms with Crippen LogP contribution in [0.5, 0.6) is 0 Å². The number of pyridine rings is 1. The van der Waals surface area contributed by atoms with Gasteiger partial charge in [-0.3, -0.25) is 4.98 Å². The lowest BCUT2D eigenvalue weighted by Gasteiger charge is -2.27. The van der Waals surface area contributed by atoms with E-state index in [4.69, 9.17) is 0 Å². The van der Waals surface area contributed by atoms with Gasteiger partial charge in [-0.25, -0.2) is 0 Å². The van der Waals surface area contributed by atoms with Crippen LogP contribution in [0.2, 0.25) is 0 Å². The Hall–Kier alpha value is -2.34. The molecule has 4 rings (SSSR count). The predicted molar refractivity (Wildman–Crippen MR) is 117 cm³/mol. The number of hydrogen-bond donors (Lipinski definition) is 3. The SMILES string of the molecule is Cc1cccc(Sc2ccc3c(c2)CCC[C@H]3CNc2cnccc2C(O)O)c1. The van der Waals surface area contributed by atoms with Gasteiger partial charge in [-0.1, -0.05) is 35.5 Å². The van der Waals surface area contributed by atoms with Crippen LogP contribution >= 0.6 is 11.8 Å². The van der Waals surface area contributed by atoms with Crippen molar-refractivity contribution in [3.63, 3.8) is 0 Å². The fourth-order valence-corrected chi connectivity index (χ4v) is 4.99. The molecule has 3 N–H and O–H groups in total. The third-order valence-corrected chi connectivity index (χ3v) is 6.43. The summed E-state index contributed by atoms with van der Waals surface area (Å²) >= 11 is 1.81. The standard InChI is InChI=1S/C24H26N2O2S/c1-16-4-2-7-19(12-16)29-20-8-9-21-17(13-20)5-3-6-18(21)14-26-23-15-25-11-10-22(23)24(27)28/h2,4,7-13,15,18,24,26-28H,3,5-6,14H2,1H3/t18-/m0/s1. The first-order valence-electron chi connectivity index (χ1n) is 10.0. The summed E-state index contributed by atoms with van der Waals surface area (Å²) in [5, 5.41) is 22.5. The van der Waals surface area contributed by atoms with Crippen LogP contribution in [0.1, 0.15) is 47.3 Å². The van der Waals surface area contributed by atoms with Crippen molar-refractivity contribution < 1.29 is 10.2 Å². The molecular formula is C24H26N2O2S. The maximum absolute atomic E-state index is 9.55. The van der Waals surface area contributed by atoms with Crippen molar-refractivity contribution in [1.29, 1.82) is 0 Å². The van der Waals surface area contributed by atoms with Crippen LogP contribution in [0.3, 0.4) is 0 Å². The highest BCUT2D eigenvalue weighted by atomic mass is 32.2. The Morgan fingerprint density at radius 1 is 1.14 bits per heavy atom. The fourth-order valence-electron chi connectivity index (χ4n) is 3.99. The molecule has 0 amide bonds. The molecule has 5 heteroatoms. The first-order chi connectivity index (χ1) is 14.1. The topological polar surface area (TPSA) is 65.4 Å². The molecule has 1 heterocycles. The van der Waals surface area contributed by atoms with Crippen molar-refractivity contribution in [2.75, 3.05) is 11.9 Å². The molecule has 1 aliphatic carbocycles.